The first kappa shape index (κ1) is 22.3. The second kappa shape index (κ2) is 9.74. The Bertz CT molecular complexity index is 1060. The lowest BCUT2D eigenvalue weighted by atomic mass is 10.1. The standard InChI is InChI=1S/C26H35N5O/c1-19(2)17-26(32)27-21-7-10-24-23(18-21)28-25(29(24)4)11-12-30-13-15-31(16-14-30)22-8-5-20(3)6-9-22/h5-10,18-19H,11-17H2,1-4H3,(H,27,32). The van der Waals surface area contributed by atoms with E-state index in [1.807, 2.05) is 12.1 Å². The number of imidazole rings is 1. The number of hydrogen-bond acceptors (Lipinski definition) is 4. The number of carbonyl (C=O) groups is 1. The number of fused-ring (bicyclic) bond motifs is 1. The number of hydrogen-bond donors (Lipinski definition) is 1. The highest BCUT2D eigenvalue weighted by molar-refractivity contribution is 5.93. The molecule has 1 saturated heterocycles. The van der Waals surface area contributed by atoms with Gasteiger partial charge in [0.05, 0.1) is 11.0 Å². The highest BCUT2D eigenvalue weighted by Crippen LogP contribution is 2.21. The number of nitrogens with zero attached hydrogens (tertiary/aromatic N) is 4. The number of benzene rings is 2. The predicted octanol–water partition coefficient (Wildman–Crippen LogP) is 4.23. The maximum atomic E-state index is 12.1. The van der Waals surface area contributed by atoms with Gasteiger partial charge in [0, 0.05) is 64.0 Å². The lowest BCUT2D eigenvalue weighted by Crippen LogP contribution is -2.47. The Balaban J connectivity index is 1.33. The lowest BCUT2D eigenvalue weighted by Gasteiger charge is -2.36. The van der Waals surface area contributed by atoms with Gasteiger partial charge in [-0.1, -0.05) is 31.5 Å². The number of carbonyl (C=O) groups excluding carboxylic acids is 1. The Kier molecular flexibility index (Phi) is 6.80. The van der Waals surface area contributed by atoms with E-state index in [2.05, 4.69) is 77.8 Å². The van der Waals surface area contributed by atoms with Crippen LogP contribution < -0.4 is 10.2 Å². The van der Waals surface area contributed by atoms with Crippen molar-refractivity contribution in [2.24, 2.45) is 13.0 Å². The third-order valence-corrected chi connectivity index (χ3v) is 6.27. The van der Waals surface area contributed by atoms with Gasteiger partial charge in [-0.05, 0) is 43.2 Å². The van der Waals surface area contributed by atoms with Crippen LogP contribution in [0.2, 0.25) is 0 Å². The van der Waals surface area contributed by atoms with Gasteiger partial charge in [0.25, 0.3) is 0 Å². The monoisotopic (exact) mass is 433 g/mol. The molecule has 3 aromatic rings. The van der Waals surface area contributed by atoms with Crippen LogP contribution in [0.1, 0.15) is 31.7 Å². The van der Waals surface area contributed by atoms with Gasteiger partial charge in [0.2, 0.25) is 5.91 Å². The molecule has 1 aromatic heterocycles. The summed E-state index contributed by atoms with van der Waals surface area (Å²) in [6.45, 7) is 11.5. The average Bonchev–Trinajstić information content (AvgIpc) is 3.07. The predicted molar refractivity (Wildman–Crippen MR) is 132 cm³/mol. The highest BCUT2D eigenvalue weighted by atomic mass is 16.1. The summed E-state index contributed by atoms with van der Waals surface area (Å²) in [5.41, 5.74) is 5.49. The van der Waals surface area contributed by atoms with Gasteiger partial charge in [-0.2, -0.15) is 0 Å². The van der Waals surface area contributed by atoms with E-state index >= 15 is 0 Å². The van der Waals surface area contributed by atoms with Crippen molar-refractivity contribution in [1.82, 2.24) is 14.5 Å². The molecule has 1 fully saturated rings. The molecule has 0 spiro atoms. The van der Waals surface area contributed by atoms with E-state index in [4.69, 9.17) is 4.98 Å². The van der Waals surface area contributed by atoms with Crippen LogP contribution >= 0.6 is 0 Å². The van der Waals surface area contributed by atoms with E-state index in [0.29, 0.717) is 12.3 Å². The van der Waals surface area contributed by atoms with Crippen molar-refractivity contribution in [3.8, 4) is 0 Å². The third-order valence-electron chi connectivity index (χ3n) is 6.27. The number of anilines is 2. The summed E-state index contributed by atoms with van der Waals surface area (Å²) >= 11 is 0. The molecule has 1 aliphatic rings. The van der Waals surface area contributed by atoms with E-state index < -0.39 is 0 Å². The molecule has 6 nitrogen and oxygen atoms in total. The summed E-state index contributed by atoms with van der Waals surface area (Å²) in [5.74, 6) is 1.49. The normalized spacial score (nSPS) is 15.0. The van der Waals surface area contributed by atoms with Gasteiger partial charge in [-0.3, -0.25) is 9.69 Å². The molecule has 1 N–H and O–H groups in total. The zero-order chi connectivity index (χ0) is 22.7. The SMILES string of the molecule is Cc1ccc(N2CCN(CCc3nc4cc(NC(=O)CC(C)C)ccc4n3C)CC2)cc1. The van der Waals surface area contributed by atoms with Gasteiger partial charge in [0.1, 0.15) is 5.82 Å². The maximum absolute atomic E-state index is 12.1. The molecular weight excluding hydrogens is 398 g/mol. The first-order chi connectivity index (χ1) is 15.4. The Hall–Kier alpha value is -2.86. The van der Waals surface area contributed by atoms with E-state index in [1.165, 1.54) is 11.3 Å². The second-order valence-corrected chi connectivity index (χ2v) is 9.35. The Morgan fingerprint density at radius 2 is 1.78 bits per heavy atom. The number of nitrogens with one attached hydrogen (secondary N) is 1. The van der Waals surface area contributed by atoms with Gasteiger partial charge >= 0.3 is 0 Å². The Morgan fingerprint density at radius 3 is 2.47 bits per heavy atom. The van der Waals surface area contributed by atoms with Crippen molar-refractivity contribution in [3.05, 3.63) is 53.9 Å². The molecule has 2 aromatic carbocycles. The van der Waals surface area contributed by atoms with Crippen LogP contribution in [-0.2, 0) is 18.3 Å². The van der Waals surface area contributed by atoms with Crippen molar-refractivity contribution in [2.45, 2.75) is 33.6 Å². The molecule has 170 valence electrons. The van der Waals surface area contributed by atoms with Crippen molar-refractivity contribution >= 4 is 28.3 Å². The lowest BCUT2D eigenvalue weighted by molar-refractivity contribution is -0.116. The first-order valence-electron chi connectivity index (χ1n) is 11.7. The highest BCUT2D eigenvalue weighted by Gasteiger charge is 2.18. The fourth-order valence-electron chi connectivity index (χ4n) is 4.38. The number of rotatable bonds is 7. The first-order valence-corrected chi connectivity index (χ1v) is 11.7. The van der Waals surface area contributed by atoms with E-state index in [1.54, 1.807) is 0 Å². The molecular formula is C26H35N5O. The van der Waals surface area contributed by atoms with Crippen LogP contribution in [0.3, 0.4) is 0 Å². The smallest absolute Gasteiger partial charge is 0.224 e. The molecule has 2 heterocycles. The number of aryl methyl sites for hydroxylation is 2. The minimum atomic E-state index is 0.0558. The van der Waals surface area contributed by atoms with Crippen molar-refractivity contribution < 1.29 is 4.79 Å². The van der Waals surface area contributed by atoms with Gasteiger partial charge < -0.3 is 14.8 Å². The van der Waals surface area contributed by atoms with Gasteiger partial charge in [-0.15, -0.1) is 0 Å². The molecule has 1 aliphatic heterocycles. The summed E-state index contributed by atoms with van der Waals surface area (Å²) in [6.07, 6.45) is 1.45. The molecule has 0 radical (unpaired) electrons. The van der Waals surface area contributed by atoms with E-state index in [9.17, 15) is 4.79 Å². The minimum Gasteiger partial charge on any atom is -0.369 e. The Labute approximate surface area is 191 Å². The largest absolute Gasteiger partial charge is 0.369 e. The van der Waals surface area contributed by atoms with Gasteiger partial charge in [-0.25, -0.2) is 4.98 Å². The summed E-state index contributed by atoms with van der Waals surface area (Å²) < 4.78 is 2.18. The molecule has 32 heavy (non-hydrogen) atoms. The van der Waals surface area contributed by atoms with Crippen LogP contribution in [0.15, 0.2) is 42.5 Å². The Morgan fingerprint density at radius 1 is 1.06 bits per heavy atom. The zero-order valence-corrected chi connectivity index (χ0v) is 19.8. The van der Waals surface area contributed by atoms with Gasteiger partial charge in [0.15, 0.2) is 0 Å². The van der Waals surface area contributed by atoms with Crippen LogP contribution in [0.5, 0.6) is 0 Å². The van der Waals surface area contributed by atoms with Crippen molar-refractivity contribution in [1.29, 1.82) is 0 Å². The molecule has 0 aliphatic carbocycles. The van der Waals surface area contributed by atoms with Crippen LogP contribution in [-0.4, -0.2) is 53.1 Å². The molecule has 4 rings (SSSR count). The molecule has 1 amide bonds. The van der Waals surface area contributed by atoms with Crippen molar-refractivity contribution in [3.63, 3.8) is 0 Å². The van der Waals surface area contributed by atoms with E-state index in [0.717, 1.165) is 61.7 Å². The summed E-state index contributed by atoms with van der Waals surface area (Å²) in [4.78, 5) is 22.0. The summed E-state index contributed by atoms with van der Waals surface area (Å²) in [5, 5.41) is 3.00. The molecule has 0 saturated carbocycles. The maximum Gasteiger partial charge on any atom is 0.224 e. The second-order valence-electron chi connectivity index (χ2n) is 9.35. The van der Waals surface area contributed by atoms with Crippen LogP contribution in [0.4, 0.5) is 11.4 Å². The van der Waals surface area contributed by atoms with Crippen LogP contribution in [0, 0.1) is 12.8 Å². The number of aromatic nitrogens is 2. The van der Waals surface area contributed by atoms with Crippen LogP contribution in [0.25, 0.3) is 11.0 Å². The zero-order valence-electron chi connectivity index (χ0n) is 19.8. The quantitative estimate of drug-likeness (QED) is 0.606. The average molecular weight is 434 g/mol. The summed E-state index contributed by atoms with van der Waals surface area (Å²) in [6, 6.07) is 14.8. The topological polar surface area (TPSA) is 53.4 Å². The van der Waals surface area contributed by atoms with E-state index in [-0.39, 0.29) is 5.91 Å². The van der Waals surface area contributed by atoms with Crippen molar-refractivity contribution in [2.75, 3.05) is 42.9 Å². The molecule has 0 unspecified atom stereocenters. The third kappa shape index (κ3) is 5.30. The molecule has 0 bridgehead atoms. The minimum absolute atomic E-state index is 0.0558. The fraction of sp³-hybridized carbons (Fsp3) is 0.462. The fourth-order valence-corrected chi connectivity index (χ4v) is 4.38. The number of piperazine rings is 1. The molecule has 0 atom stereocenters. The molecule has 6 heteroatoms. The summed E-state index contributed by atoms with van der Waals surface area (Å²) in [7, 11) is 2.08. The number of amides is 1.